The van der Waals surface area contributed by atoms with Gasteiger partial charge in [0.15, 0.2) is 5.13 Å². The van der Waals surface area contributed by atoms with Gasteiger partial charge in [-0.25, -0.2) is 19.6 Å². The maximum Gasteiger partial charge on any atom is 0.408 e. The van der Waals surface area contributed by atoms with E-state index in [-0.39, 0.29) is 31.0 Å². The maximum absolute atomic E-state index is 14.8. The van der Waals surface area contributed by atoms with Crippen molar-refractivity contribution >= 4 is 62.8 Å². The van der Waals surface area contributed by atoms with Crippen LogP contribution in [0, 0.1) is 23.2 Å². The van der Waals surface area contributed by atoms with Crippen LogP contribution in [0.15, 0.2) is 23.6 Å². The fourth-order valence-electron chi connectivity index (χ4n) is 9.38. The van der Waals surface area contributed by atoms with Crippen LogP contribution in [0.4, 0.5) is 9.93 Å². The number of nitrogens with one attached hydrogen (secondary N) is 3. The predicted octanol–water partition coefficient (Wildman–Crippen LogP) is 6.20. The molecule has 0 radical (unpaired) electrons. The topological polar surface area (TPSA) is 194 Å². The number of benzene rings is 1. The van der Waals surface area contributed by atoms with Gasteiger partial charge in [0.1, 0.15) is 58.7 Å². The van der Waals surface area contributed by atoms with Gasteiger partial charge in [-0.3, -0.25) is 14.5 Å². The molecule has 16 nitrogen and oxygen atoms in total. The average Bonchev–Trinajstić information content (AvgIpc) is 3.91. The summed E-state index contributed by atoms with van der Waals surface area (Å²) in [5.74, 6) is -0.376. The Morgan fingerprint density at radius 2 is 1.78 bits per heavy atom. The summed E-state index contributed by atoms with van der Waals surface area (Å²) in [6, 6.07) is 3.38. The Hall–Kier alpha value is -4.45. The Kier molecular flexibility index (Phi) is 13.0. The molecule has 2 saturated heterocycles. The number of carboxylic acids is 1. The average molecular weight is 911 g/mol. The first kappa shape index (κ1) is 45.1. The van der Waals surface area contributed by atoms with E-state index in [1.807, 2.05) is 53.0 Å². The first-order chi connectivity index (χ1) is 30.0. The van der Waals surface area contributed by atoms with Crippen LogP contribution in [0.1, 0.15) is 80.1 Å². The molecule has 2 unspecified atom stereocenters. The number of likely N-dealkylation sites (tertiary alicyclic amines) is 1. The third-order valence-electron chi connectivity index (χ3n) is 13.1. The van der Waals surface area contributed by atoms with Crippen LogP contribution in [-0.2, 0) is 23.9 Å². The lowest BCUT2D eigenvalue weighted by Gasteiger charge is -2.35. The summed E-state index contributed by atoms with van der Waals surface area (Å²) < 4.78 is 24.3. The minimum atomic E-state index is -1.42. The molecule has 2 aliphatic heterocycles. The van der Waals surface area contributed by atoms with Crippen LogP contribution in [-0.4, -0.2) is 131 Å². The number of carboxylic acid groups (broad SMARTS) is 1. The number of fused-ring (bicyclic) bond motifs is 2. The van der Waals surface area contributed by atoms with Gasteiger partial charge >= 0.3 is 12.1 Å². The fraction of sp³-hybridized carbons (Fsp3) is 0.644. The van der Waals surface area contributed by atoms with Gasteiger partial charge in [0.05, 0.1) is 31.0 Å². The number of carbonyl (C=O) groups excluding carboxylic acids is 3. The number of aromatic nitrogens is 2. The lowest BCUT2D eigenvalue weighted by atomic mass is 9.85. The molecule has 5 fully saturated rings. The molecular weight excluding hydrogens is 850 g/mol. The molecular formula is C45H60ClN7O9S. The van der Waals surface area contributed by atoms with Crippen LogP contribution in [0.3, 0.4) is 0 Å². The molecule has 18 heteroatoms. The SMILES string of the molecule is CC[C@@H]1C[C@]1(NC(=O)[C@@H]1C[C@@H](Oc2cc(-c3csc(NC(C)C)n3)nc3c(Cl)c(OCCN4CCOCC4)ccc23)CN1C(=O)[C@@H](NC(=O)OC1CC2C[C@H]2C1)C(C)(C)C)C(=O)O. The monoisotopic (exact) mass is 909 g/mol. The second-order valence-electron chi connectivity index (χ2n) is 19.2. The van der Waals surface area contributed by atoms with E-state index < -0.39 is 53.0 Å². The van der Waals surface area contributed by atoms with E-state index in [9.17, 15) is 24.3 Å². The number of nitrogens with zero attached hydrogens (tertiary/aromatic N) is 4. The number of hydrogen-bond donors (Lipinski definition) is 4. The van der Waals surface area contributed by atoms with Crippen molar-refractivity contribution in [2.45, 2.75) is 116 Å². The molecule has 3 saturated carbocycles. The molecule has 0 bridgehead atoms. The van der Waals surface area contributed by atoms with Gasteiger partial charge in [0, 0.05) is 48.9 Å². The number of hydrogen-bond acceptors (Lipinski definition) is 13. The molecule has 4 N–H and O–H groups in total. The summed E-state index contributed by atoms with van der Waals surface area (Å²) in [6.45, 7) is 15.6. The van der Waals surface area contributed by atoms with Crippen molar-refractivity contribution in [1.29, 1.82) is 0 Å². The van der Waals surface area contributed by atoms with Crippen LogP contribution in [0.2, 0.25) is 5.02 Å². The Labute approximate surface area is 377 Å². The van der Waals surface area contributed by atoms with Crippen molar-refractivity contribution in [2.75, 3.05) is 51.3 Å². The van der Waals surface area contributed by atoms with Crippen molar-refractivity contribution in [3.8, 4) is 22.9 Å². The highest BCUT2D eigenvalue weighted by Crippen LogP contribution is 2.52. The minimum absolute atomic E-state index is 0.0295. The molecule has 3 amide bonds. The van der Waals surface area contributed by atoms with Crippen molar-refractivity contribution in [2.24, 2.45) is 23.2 Å². The smallest absolute Gasteiger partial charge is 0.408 e. The standard InChI is InChI=1S/C45H60ClN7O9S/c1-7-27-21-45(27,41(56)57)51-39(54)33-19-29(22-53(33)40(55)38(44(4,5)6)50-43(58)62-28-17-25-16-26(25)18-28)61-35-20-31(32-23-63-42(49-32)47-24(2)3)48-37-30(35)8-9-34(36(37)46)60-15-12-52-10-13-59-14-11-52/h8-9,20,23-29,33,38H,7,10-19,21-22H2,1-6H3,(H,47,49)(H,50,58)(H,51,54)(H,56,57)/t25-,26?,27+,28?,29+,33-,38+,45+/m0/s1. The van der Waals surface area contributed by atoms with Crippen molar-refractivity contribution < 1.29 is 43.2 Å². The lowest BCUT2D eigenvalue weighted by Crippen LogP contribution is -2.59. The van der Waals surface area contributed by atoms with E-state index in [0.29, 0.717) is 89.9 Å². The Morgan fingerprint density at radius 3 is 2.44 bits per heavy atom. The van der Waals surface area contributed by atoms with E-state index >= 15 is 0 Å². The first-order valence-electron chi connectivity index (χ1n) is 22.3. The molecule has 0 spiro atoms. The third-order valence-corrected chi connectivity index (χ3v) is 14.2. The maximum atomic E-state index is 14.8. The number of pyridine rings is 1. The van der Waals surface area contributed by atoms with E-state index in [0.717, 1.165) is 31.1 Å². The van der Waals surface area contributed by atoms with E-state index in [1.54, 1.807) is 12.1 Å². The number of carbonyl (C=O) groups is 4. The Morgan fingerprint density at radius 1 is 1.03 bits per heavy atom. The van der Waals surface area contributed by atoms with Gasteiger partial charge in [-0.2, -0.15) is 0 Å². The minimum Gasteiger partial charge on any atom is -0.491 e. The van der Waals surface area contributed by atoms with Crippen molar-refractivity contribution in [3.63, 3.8) is 0 Å². The van der Waals surface area contributed by atoms with Gasteiger partial charge in [0.2, 0.25) is 11.8 Å². The molecule has 63 heavy (non-hydrogen) atoms. The van der Waals surface area contributed by atoms with Crippen LogP contribution < -0.4 is 25.4 Å². The number of morpholine rings is 1. The van der Waals surface area contributed by atoms with Gasteiger partial charge in [0.25, 0.3) is 0 Å². The number of rotatable bonds is 16. The fourth-order valence-corrected chi connectivity index (χ4v) is 10.5. The number of amides is 3. The predicted molar refractivity (Wildman–Crippen MR) is 238 cm³/mol. The largest absolute Gasteiger partial charge is 0.491 e. The van der Waals surface area contributed by atoms with Crippen molar-refractivity contribution in [1.82, 2.24) is 30.4 Å². The summed E-state index contributed by atoms with van der Waals surface area (Å²) in [6.07, 6.45) is 2.11. The number of aliphatic carboxylic acids is 1. The van der Waals surface area contributed by atoms with E-state index in [2.05, 4.69) is 20.9 Å². The second kappa shape index (κ2) is 18.2. The second-order valence-corrected chi connectivity index (χ2v) is 20.4. The zero-order valence-electron chi connectivity index (χ0n) is 36.9. The number of alkyl carbamates (subject to hydrolysis) is 1. The summed E-state index contributed by atoms with van der Waals surface area (Å²) in [5, 5.41) is 22.7. The number of halogens is 1. The highest BCUT2D eigenvalue weighted by molar-refractivity contribution is 7.14. The summed E-state index contributed by atoms with van der Waals surface area (Å²) in [4.78, 5) is 68.5. The van der Waals surface area contributed by atoms with Crippen LogP contribution >= 0.6 is 22.9 Å². The van der Waals surface area contributed by atoms with Gasteiger partial charge in [-0.15, -0.1) is 11.3 Å². The number of ether oxygens (including phenoxy) is 4. The molecule has 2 aromatic heterocycles. The Bertz CT molecular complexity index is 2200. The Balaban J connectivity index is 1.09. The first-order valence-corrected chi connectivity index (χ1v) is 23.6. The zero-order valence-corrected chi connectivity index (χ0v) is 38.5. The lowest BCUT2D eigenvalue weighted by molar-refractivity contribution is -0.146. The third kappa shape index (κ3) is 9.96. The van der Waals surface area contributed by atoms with E-state index in [4.69, 9.17) is 40.5 Å². The summed E-state index contributed by atoms with van der Waals surface area (Å²) in [7, 11) is 0. The van der Waals surface area contributed by atoms with E-state index in [1.165, 1.54) is 22.7 Å². The normalized spacial score (nSPS) is 27.1. The van der Waals surface area contributed by atoms with Gasteiger partial charge in [-0.05, 0) is 74.8 Å². The molecule has 3 aromatic rings. The van der Waals surface area contributed by atoms with Crippen LogP contribution in [0.5, 0.6) is 11.5 Å². The molecule has 1 aromatic carbocycles. The molecule has 4 heterocycles. The van der Waals surface area contributed by atoms with Gasteiger partial charge in [-0.1, -0.05) is 45.7 Å². The highest BCUT2D eigenvalue weighted by Gasteiger charge is 2.61. The summed E-state index contributed by atoms with van der Waals surface area (Å²) in [5.41, 5.74) is -0.683. The van der Waals surface area contributed by atoms with Gasteiger partial charge < -0.3 is 44.9 Å². The zero-order chi connectivity index (χ0) is 44.8. The number of anilines is 1. The molecule has 8 atom stereocenters. The number of thiazole rings is 1. The molecule has 5 aliphatic rings. The molecule has 3 aliphatic carbocycles. The van der Waals surface area contributed by atoms with Crippen LogP contribution in [0.25, 0.3) is 22.3 Å². The summed E-state index contributed by atoms with van der Waals surface area (Å²) >= 11 is 8.55. The molecule has 8 rings (SSSR count). The highest BCUT2D eigenvalue weighted by atomic mass is 35.5. The van der Waals surface area contributed by atoms with Crippen molar-refractivity contribution in [3.05, 3.63) is 28.6 Å². The molecule has 342 valence electrons. The quantitative estimate of drug-likeness (QED) is 0.127.